The molecule has 5 heteroatoms. The van der Waals surface area contributed by atoms with Crippen molar-refractivity contribution < 1.29 is 9.53 Å². The second-order valence-electron chi connectivity index (χ2n) is 9.20. The van der Waals surface area contributed by atoms with Gasteiger partial charge in [-0.1, -0.05) is 37.5 Å². The fourth-order valence-corrected chi connectivity index (χ4v) is 4.96. The molecule has 2 fully saturated rings. The lowest BCUT2D eigenvalue weighted by Gasteiger charge is -2.32. The van der Waals surface area contributed by atoms with Gasteiger partial charge in [0.1, 0.15) is 5.82 Å². The molecule has 2 aliphatic rings. The molecule has 30 heavy (non-hydrogen) atoms. The average molecular weight is 410 g/mol. The van der Waals surface area contributed by atoms with Crippen LogP contribution in [0.4, 0.5) is 5.82 Å². The Morgan fingerprint density at radius 3 is 2.63 bits per heavy atom. The van der Waals surface area contributed by atoms with Crippen molar-refractivity contribution in [1.29, 1.82) is 0 Å². The van der Waals surface area contributed by atoms with Crippen LogP contribution < -0.4 is 4.90 Å². The number of para-hydroxylation sites is 1. The molecule has 0 bridgehead atoms. The third-order valence-corrected chi connectivity index (χ3v) is 6.60. The van der Waals surface area contributed by atoms with Gasteiger partial charge in [0.05, 0.1) is 11.6 Å². The van der Waals surface area contributed by atoms with E-state index in [-0.39, 0.29) is 12.0 Å². The fourth-order valence-electron chi connectivity index (χ4n) is 4.96. The molecule has 162 valence electrons. The van der Waals surface area contributed by atoms with Gasteiger partial charge in [0.25, 0.3) is 0 Å². The topological polar surface area (TPSA) is 45.7 Å². The Labute approximate surface area is 180 Å². The summed E-state index contributed by atoms with van der Waals surface area (Å²) in [5.41, 5.74) is 3.33. The Hall–Kier alpha value is -2.14. The van der Waals surface area contributed by atoms with Gasteiger partial charge < -0.3 is 14.5 Å². The lowest BCUT2D eigenvalue weighted by molar-refractivity contribution is -0.138. The number of anilines is 1. The summed E-state index contributed by atoms with van der Waals surface area (Å²) in [6.45, 7) is 4.20. The van der Waals surface area contributed by atoms with Crippen LogP contribution in [0.2, 0.25) is 0 Å². The first-order chi connectivity index (χ1) is 14.5. The SMILES string of the molecule is Cc1cccc2cc(CN(CC3CCCO3)C(=O)C3CCCCC3)c(N(C)C)nc12. The minimum atomic E-state index is 0.163. The quantitative estimate of drug-likeness (QED) is 0.694. The second kappa shape index (κ2) is 9.34. The minimum Gasteiger partial charge on any atom is -0.376 e. The largest absolute Gasteiger partial charge is 0.376 e. The van der Waals surface area contributed by atoms with Gasteiger partial charge in [0.2, 0.25) is 5.91 Å². The first kappa shape index (κ1) is 21.1. The number of carbonyl (C=O) groups excluding carboxylic acids is 1. The maximum Gasteiger partial charge on any atom is 0.226 e. The summed E-state index contributed by atoms with van der Waals surface area (Å²) in [4.78, 5) is 22.6. The normalized spacial score (nSPS) is 19.9. The van der Waals surface area contributed by atoms with E-state index in [1.807, 2.05) is 14.1 Å². The lowest BCUT2D eigenvalue weighted by atomic mass is 9.88. The van der Waals surface area contributed by atoms with Crippen LogP contribution in [0.1, 0.15) is 56.1 Å². The van der Waals surface area contributed by atoms with Crippen LogP contribution >= 0.6 is 0 Å². The summed E-state index contributed by atoms with van der Waals surface area (Å²) in [7, 11) is 4.06. The number of aryl methyl sites for hydroxylation is 1. The van der Waals surface area contributed by atoms with E-state index < -0.39 is 0 Å². The van der Waals surface area contributed by atoms with E-state index in [9.17, 15) is 4.79 Å². The second-order valence-corrected chi connectivity index (χ2v) is 9.20. The zero-order valence-electron chi connectivity index (χ0n) is 18.7. The molecule has 4 rings (SSSR count). The van der Waals surface area contributed by atoms with Gasteiger partial charge in [-0.05, 0) is 44.2 Å². The molecule has 0 N–H and O–H groups in total. The molecule has 2 heterocycles. The number of amides is 1. The molecular formula is C25H35N3O2. The molecule has 1 aromatic heterocycles. The monoisotopic (exact) mass is 409 g/mol. The standard InChI is InChI=1S/C25H35N3O2/c1-18-9-7-12-20-15-21(24(27(2)3)26-23(18)20)16-28(17-22-13-8-14-30-22)25(29)19-10-5-4-6-11-19/h7,9,12,15,19,22H,4-6,8,10-11,13-14,16-17H2,1-3H3. The van der Waals surface area contributed by atoms with Crippen molar-refractivity contribution in [3.8, 4) is 0 Å². The van der Waals surface area contributed by atoms with Gasteiger partial charge in [-0.2, -0.15) is 0 Å². The molecule has 1 unspecified atom stereocenters. The minimum absolute atomic E-state index is 0.163. The molecule has 1 amide bonds. The molecule has 1 aromatic carbocycles. The molecule has 1 atom stereocenters. The molecule has 0 radical (unpaired) electrons. The molecular weight excluding hydrogens is 374 g/mol. The zero-order chi connectivity index (χ0) is 21.1. The van der Waals surface area contributed by atoms with Crippen LogP contribution in [0.5, 0.6) is 0 Å². The van der Waals surface area contributed by atoms with Gasteiger partial charge in [-0.25, -0.2) is 4.98 Å². The van der Waals surface area contributed by atoms with Crippen molar-refractivity contribution in [2.24, 2.45) is 5.92 Å². The summed E-state index contributed by atoms with van der Waals surface area (Å²) in [6.07, 6.45) is 7.95. The van der Waals surface area contributed by atoms with E-state index in [0.717, 1.165) is 54.6 Å². The Bertz CT molecular complexity index is 883. The van der Waals surface area contributed by atoms with Crippen molar-refractivity contribution in [3.63, 3.8) is 0 Å². The van der Waals surface area contributed by atoms with Gasteiger partial charge in [0, 0.05) is 50.7 Å². The average Bonchev–Trinajstić information content (AvgIpc) is 3.26. The Morgan fingerprint density at radius 2 is 1.93 bits per heavy atom. The van der Waals surface area contributed by atoms with Crippen LogP contribution in [0.25, 0.3) is 10.9 Å². The van der Waals surface area contributed by atoms with Crippen LogP contribution in [0.15, 0.2) is 24.3 Å². The third kappa shape index (κ3) is 4.61. The zero-order valence-corrected chi connectivity index (χ0v) is 18.7. The molecule has 0 spiro atoms. The number of rotatable bonds is 6. The van der Waals surface area contributed by atoms with Gasteiger partial charge in [-0.3, -0.25) is 4.79 Å². The van der Waals surface area contributed by atoms with Crippen molar-refractivity contribution in [2.45, 2.75) is 64.5 Å². The summed E-state index contributed by atoms with van der Waals surface area (Å²) in [5, 5.41) is 1.14. The van der Waals surface area contributed by atoms with Crippen molar-refractivity contribution in [1.82, 2.24) is 9.88 Å². The summed E-state index contributed by atoms with van der Waals surface area (Å²) >= 11 is 0. The number of aromatic nitrogens is 1. The first-order valence-electron chi connectivity index (χ1n) is 11.5. The van der Waals surface area contributed by atoms with Crippen LogP contribution in [-0.4, -0.2) is 49.1 Å². The highest BCUT2D eigenvalue weighted by Crippen LogP contribution is 2.30. The number of benzene rings is 1. The Kier molecular flexibility index (Phi) is 6.57. The Morgan fingerprint density at radius 1 is 1.13 bits per heavy atom. The highest BCUT2D eigenvalue weighted by Gasteiger charge is 2.30. The predicted octanol–water partition coefficient (Wildman–Crippen LogP) is 4.70. The molecule has 1 saturated carbocycles. The number of hydrogen-bond acceptors (Lipinski definition) is 4. The highest BCUT2D eigenvalue weighted by molar-refractivity contribution is 5.85. The number of hydrogen-bond donors (Lipinski definition) is 0. The van der Waals surface area contributed by atoms with Crippen LogP contribution in [0.3, 0.4) is 0 Å². The van der Waals surface area contributed by atoms with Crippen molar-refractivity contribution >= 4 is 22.6 Å². The van der Waals surface area contributed by atoms with E-state index in [1.165, 1.54) is 24.8 Å². The molecule has 5 nitrogen and oxygen atoms in total. The van der Waals surface area contributed by atoms with E-state index >= 15 is 0 Å². The molecule has 1 aliphatic carbocycles. The van der Waals surface area contributed by atoms with Crippen LogP contribution in [-0.2, 0) is 16.1 Å². The fraction of sp³-hybridized carbons (Fsp3) is 0.600. The van der Waals surface area contributed by atoms with E-state index in [2.05, 4.69) is 41.0 Å². The molecule has 2 aromatic rings. The number of nitrogens with zero attached hydrogens (tertiary/aromatic N) is 3. The van der Waals surface area contributed by atoms with E-state index in [4.69, 9.17) is 9.72 Å². The lowest BCUT2D eigenvalue weighted by Crippen LogP contribution is -2.41. The predicted molar refractivity (Wildman–Crippen MR) is 122 cm³/mol. The number of carbonyl (C=O) groups is 1. The van der Waals surface area contributed by atoms with Crippen LogP contribution in [0, 0.1) is 12.8 Å². The number of pyridine rings is 1. The van der Waals surface area contributed by atoms with Crippen molar-refractivity contribution in [2.75, 3.05) is 32.1 Å². The van der Waals surface area contributed by atoms with Gasteiger partial charge >= 0.3 is 0 Å². The Balaban J connectivity index is 1.66. The van der Waals surface area contributed by atoms with Gasteiger partial charge in [0.15, 0.2) is 0 Å². The number of fused-ring (bicyclic) bond motifs is 1. The third-order valence-electron chi connectivity index (χ3n) is 6.60. The molecule has 1 aliphatic heterocycles. The maximum atomic E-state index is 13.5. The van der Waals surface area contributed by atoms with Gasteiger partial charge in [-0.15, -0.1) is 0 Å². The van der Waals surface area contributed by atoms with Crippen molar-refractivity contribution in [3.05, 3.63) is 35.4 Å². The maximum absolute atomic E-state index is 13.5. The highest BCUT2D eigenvalue weighted by atomic mass is 16.5. The first-order valence-corrected chi connectivity index (χ1v) is 11.5. The summed E-state index contributed by atoms with van der Waals surface area (Å²) in [6, 6.07) is 8.52. The molecule has 1 saturated heterocycles. The van der Waals surface area contributed by atoms with E-state index in [0.29, 0.717) is 19.0 Å². The number of ether oxygens (including phenoxy) is 1. The van der Waals surface area contributed by atoms with E-state index in [1.54, 1.807) is 0 Å². The summed E-state index contributed by atoms with van der Waals surface area (Å²) in [5.74, 6) is 1.42. The summed E-state index contributed by atoms with van der Waals surface area (Å²) < 4.78 is 5.90. The smallest absolute Gasteiger partial charge is 0.226 e.